The van der Waals surface area contributed by atoms with Gasteiger partial charge in [0, 0.05) is 16.3 Å². The molecule has 0 saturated carbocycles. The molecule has 2 aromatic rings. The van der Waals surface area contributed by atoms with Crippen molar-refractivity contribution in [2.75, 3.05) is 13.2 Å². The first-order valence-electron chi connectivity index (χ1n) is 7.47. The third-order valence-electron chi connectivity index (χ3n) is 3.72. The molecule has 1 amide bonds. The monoisotopic (exact) mass is 319 g/mol. The Kier molecular flexibility index (Phi) is 4.63. The number of aromatic nitrogens is 2. The number of hydrogen-bond acceptors (Lipinski definition) is 3. The van der Waals surface area contributed by atoms with Crippen LogP contribution in [0, 0.1) is 0 Å². The van der Waals surface area contributed by atoms with E-state index >= 15 is 0 Å². The maximum Gasteiger partial charge on any atom is 0.272 e. The zero-order valence-electron chi connectivity index (χ0n) is 12.2. The number of fused-ring (bicyclic) bond motifs is 1. The fourth-order valence-electron chi connectivity index (χ4n) is 2.64. The van der Waals surface area contributed by atoms with E-state index in [0.717, 1.165) is 36.9 Å². The molecule has 0 radical (unpaired) electrons. The molecule has 2 N–H and O–H groups in total. The standard InChI is InChI=1S/C16H18ClN3O2/c17-11-4-3-5-12(10-11)22-9-8-18-16(21)15-13-6-1-2-7-14(13)19-20-15/h3-5,10H,1-2,6-9H2,(H,18,21)(H,19,20). The number of amides is 1. The van der Waals surface area contributed by atoms with Crippen molar-refractivity contribution in [2.45, 2.75) is 25.7 Å². The maximum absolute atomic E-state index is 12.2. The second-order valence-electron chi connectivity index (χ2n) is 5.30. The van der Waals surface area contributed by atoms with Crippen molar-refractivity contribution in [1.29, 1.82) is 0 Å². The Hall–Kier alpha value is -2.01. The van der Waals surface area contributed by atoms with Crippen molar-refractivity contribution in [3.63, 3.8) is 0 Å². The second-order valence-corrected chi connectivity index (χ2v) is 5.73. The largest absolute Gasteiger partial charge is 0.492 e. The molecule has 0 aliphatic heterocycles. The summed E-state index contributed by atoms with van der Waals surface area (Å²) in [5.74, 6) is 0.549. The van der Waals surface area contributed by atoms with Gasteiger partial charge in [0.2, 0.25) is 0 Å². The lowest BCUT2D eigenvalue weighted by molar-refractivity contribution is 0.0941. The zero-order chi connectivity index (χ0) is 15.4. The van der Waals surface area contributed by atoms with Crippen LogP contribution in [0.2, 0.25) is 5.02 Å². The summed E-state index contributed by atoms with van der Waals surface area (Å²) in [6.45, 7) is 0.811. The predicted molar refractivity (Wildman–Crippen MR) is 84.5 cm³/mol. The van der Waals surface area contributed by atoms with Crippen molar-refractivity contribution < 1.29 is 9.53 Å². The van der Waals surface area contributed by atoms with E-state index in [1.165, 1.54) is 0 Å². The summed E-state index contributed by atoms with van der Waals surface area (Å²) < 4.78 is 5.54. The number of rotatable bonds is 5. The molecule has 0 atom stereocenters. The molecule has 0 spiro atoms. The van der Waals surface area contributed by atoms with Gasteiger partial charge in [-0.05, 0) is 43.9 Å². The number of nitrogens with one attached hydrogen (secondary N) is 2. The van der Waals surface area contributed by atoms with Gasteiger partial charge in [0.1, 0.15) is 12.4 Å². The van der Waals surface area contributed by atoms with Gasteiger partial charge in [-0.3, -0.25) is 9.89 Å². The first-order chi connectivity index (χ1) is 10.7. The van der Waals surface area contributed by atoms with Gasteiger partial charge in [-0.1, -0.05) is 17.7 Å². The Bertz CT molecular complexity index is 669. The smallest absolute Gasteiger partial charge is 0.272 e. The quantitative estimate of drug-likeness (QED) is 0.833. The molecule has 1 aromatic carbocycles. The summed E-state index contributed by atoms with van der Waals surface area (Å²) in [4.78, 5) is 12.2. The van der Waals surface area contributed by atoms with Crippen LogP contribution in [0.1, 0.15) is 34.6 Å². The Morgan fingerprint density at radius 1 is 1.36 bits per heavy atom. The van der Waals surface area contributed by atoms with Crippen LogP contribution in [0.5, 0.6) is 5.75 Å². The van der Waals surface area contributed by atoms with Gasteiger partial charge in [-0.25, -0.2) is 0 Å². The molecule has 5 nitrogen and oxygen atoms in total. The van der Waals surface area contributed by atoms with E-state index in [2.05, 4.69) is 15.5 Å². The molecular weight excluding hydrogens is 302 g/mol. The Morgan fingerprint density at radius 3 is 3.09 bits per heavy atom. The molecule has 1 aliphatic carbocycles. The van der Waals surface area contributed by atoms with Crippen molar-refractivity contribution in [1.82, 2.24) is 15.5 Å². The highest BCUT2D eigenvalue weighted by molar-refractivity contribution is 6.30. The molecule has 3 rings (SSSR count). The first kappa shape index (κ1) is 14.9. The fraction of sp³-hybridized carbons (Fsp3) is 0.375. The van der Waals surface area contributed by atoms with E-state index < -0.39 is 0 Å². The first-order valence-corrected chi connectivity index (χ1v) is 7.84. The number of halogens is 1. The third-order valence-corrected chi connectivity index (χ3v) is 3.96. The summed E-state index contributed by atoms with van der Waals surface area (Å²) in [6, 6.07) is 7.19. The minimum absolute atomic E-state index is 0.144. The number of nitrogens with zero attached hydrogens (tertiary/aromatic N) is 1. The molecule has 116 valence electrons. The van der Waals surface area contributed by atoms with Gasteiger partial charge in [0.15, 0.2) is 5.69 Å². The average molecular weight is 320 g/mol. The van der Waals surface area contributed by atoms with Gasteiger partial charge in [-0.2, -0.15) is 5.10 Å². The minimum Gasteiger partial charge on any atom is -0.492 e. The molecular formula is C16H18ClN3O2. The molecule has 0 fully saturated rings. The van der Waals surface area contributed by atoms with Crippen LogP contribution < -0.4 is 10.1 Å². The Labute approximate surface area is 134 Å². The summed E-state index contributed by atoms with van der Waals surface area (Å²) in [5.41, 5.74) is 2.70. The Morgan fingerprint density at radius 2 is 2.23 bits per heavy atom. The van der Waals surface area contributed by atoms with E-state index in [0.29, 0.717) is 29.6 Å². The maximum atomic E-state index is 12.2. The van der Waals surface area contributed by atoms with Gasteiger partial charge >= 0.3 is 0 Å². The highest BCUT2D eigenvalue weighted by Crippen LogP contribution is 2.22. The number of aryl methyl sites for hydroxylation is 1. The molecule has 6 heteroatoms. The molecule has 22 heavy (non-hydrogen) atoms. The van der Waals surface area contributed by atoms with Crippen LogP contribution in [0.15, 0.2) is 24.3 Å². The van der Waals surface area contributed by atoms with Crippen LogP contribution in [0.4, 0.5) is 0 Å². The molecule has 0 unspecified atom stereocenters. The molecule has 1 aromatic heterocycles. The third kappa shape index (κ3) is 3.42. The number of hydrogen-bond donors (Lipinski definition) is 2. The van der Waals surface area contributed by atoms with Crippen LogP contribution in [0.25, 0.3) is 0 Å². The number of ether oxygens (including phenoxy) is 1. The van der Waals surface area contributed by atoms with Gasteiger partial charge in [0.05, 0.1) is 6.54 Å². The van der Waals surface area contributed by atoms with E-state index in [-0.39, 0.29) is 5.91 Å². The fourth-order valence-corrected chi connectivity index (χ4v) is 2.82. The lowest BCUT2D eigenvalue weighted by Gasteiger charge is -2.11. The van der Waals surface area contributed by atoms with E-state index in [9.17, 15) is 4.79 Å². The topological polar surface area (TPSA) is 67.0 Å². The second kappa shape index (κ2) is 6.83. The van der Waals surface area contributed by atoms with E-state index in [4.69, 9.17) is 16.3 Å². The lowest BCUT2D eigenvalue weighted by Crippen LogP contribution is -2.29. The minimum atomic E-state index is -0.144. The lowest BCUT2D eigenvalue weighted by atomic mass is 9.96. The van der Waals surface area contributed by atoms with Crippen LogP contribution >= 0.6 is 11.6 Å². The Balaban J connectivity index is 1.49. The van der Waals surface area contributed by atoms with E-state index in [1.807, 2.05) is 12.1 Å². The summed E-state index contributed by atoms with van der Waals surface area (Å²) in [5, 5.41) is 10.6. The number of benzene rings is 1. The highest BCUT2D eigenvalue weighted by Gasteiger charge is 2.21. The zero-order valence-corrected chi connectivity index (χ0v) is 12.9. The number of aromatic amines is 1. The summed E-state index contributed by atoms with van der Waals surface area (Å²) >= 11 is 5.88. The number of H-pyrrole nitrogens is 1. The summed E-state index contributed by atoms with van der Waals surface area (Å²) in [6.07, 6.45) is 4.18. The summed E-state index contributed by atoms with van der Waals surface area (Å²) in [7, 11) is 0. The van der Waals surface area contributed by atoms with E-state index in [1.54, 1.807) is 12.1 Å². The number of carbonyl (C=O) groups is 1. The molecule has 1 heterocycles. The van der Waals surface area contributed by atoms with Crippen LogP contribution in [-0.4, -0.2) is 29.3 Å². The molecule has 0 saturated heterocycles. The van der Waals surface area contributed by atoms with Crippen molar-refractivity contribution in [2.24, 2.45) is 0 Å². The van der Waals surface area contributed by atoms with Crippen LogP contribution in [0.3, 0.4) is 0 Å². The highest BCUT2D eigenvalue weighted by atomic mass is 35.5. The predicted octanol–water partition coefficient (Wildman–Crippen LogP) is 2.75. The average Bonchev–Trinajstić information content (AvgIpc) is 2.95. The number of carbonyl (C=O) groups excluding carboxylic acids is 1. The van der Waals surface area contributed by atoms with Gasteiger partial charge < -0.3 is 10.1 Å². The molecule has 1 aliphatic rings. The molecule has 0 bridgehead atoms. The van der Waals surface area contributed by atoms with Gasteiger partial charge in [-0.15, -0.1) is 0 Å². The van der Waals surface area contributed by atoms with Crippen molar-refractivity contribution >= 4 is 17.5 Å². The van der Waals surface area contributed by atoms with Crippen molar-refractivity contribution in [3.8, 4) is 5.75 Å². The van der Waals surface area contributed by atoms with Crippen molar-refractivity contribution in [3.05, 3.63) is 46.2 Å². The van der Waals surface area contributed by atoms with Gasteiger partial charge in [0.25, 0.3) is 5.91 Å². The SMILES string of the molecule is O=C(NCCOc1cccc(Cl)c1)c1n[nH]c2c1CCCC2. The normalized spacial score (nSPS) is 13.5. The van der Waals surface area contributed by atoms with Crippen LogP contribution in [-0.2, 0) is 12.8 Å².